The van der Waals surface area contributed by atoms with Crippen LogP contribution < -0.4 is 0 Å². The molecule has 1 aromatic heterocycles. The summed E-state index contributed by atoms with van der Waals surface area (Å²) in [6, 6.07) is 12.9. The molecule has 1 aliphatic heterocycles. The fraction of sp³-hybridized carbons (Fsp3) is 0.211. The Morgan fingerprint density at radius 1 is 1.15 bits per heavy atom. The summed E-state index contributed by atoms with van der Waals surface area (Å²) in [5.74, 6) is 0.427. The molecule has 1 aliphatic rings. The predicted octanol–water partition coefficient (Wildman–Crippen LogP) is 4.62. The molecule has 0 spiro atoms. The number of hydrogen-bond donors (Lipinski definition) is 0. The number of likely N-dealkylation sites (tertiary alicyclic amines) is 1. The van der Waals surface area contributed by atoms with Crippen molar-refractivity contribution in [1.82, 2.24) is 15.0 Å². The van der Waals surface area contributed by atoms with Crippen LogP contribution in [0.3, 0.4) is 0 Å². The normalized spacial score (nSPS) is 16.8. The van der Waals surface area contributed by atoms with Crippen molar-refractivity contribution in [3.8, 4) is 11.4 Å². The van der Waals surface area contributed by atoms with Gasteiger partial charge < -0.3 is 9.42 Å². The molecule has 2 heterocycles. The van der Waals surface area contributed by atoms with Crippen LogP contribution in [0.15, 0.2) is 57.5 Å². The lowest BCUT2D eigenvalue weighted by atomic mass is 10.1. The molecule has 3 aromatic rings. The van der Waals surface area contributed by atoms with E-state index >= 15 is 0 Å². The zero-order valence-corrected chi connectivity index (χ0v) is 15.3. The zero-order chi connectivity index (χ0) is 18.1. The van der Waals surface area contributed by atoms with E-state index in [9.17, 15) is 9.18 Å². The Morgan fingerprint density at radius 3 is 2.62 bits per heavy atom. The topological polar surface area (TPSA) is 59.2 Å². The lowest BCUT2D eigenvalue weighted by molar-refractivity contribution is 0.0710. The van der Waals surface area contributed by atoms with Crippen molar-refractivity contribution in [3.63, 3.8) is 0 Å². The quantitative estimate of drug-likeness (QED) is 0.626. The Balaban J connectivity index is 1.58. The third-order valence-electron chi connectivity index (χ3n) is 4.43. The molecule has 0 bridgehead atoms. The number of amides is 1. The monoisotopic (exact) mass is 415 g/mol. The smallest absolute Gasteiger partial charge is 0.254 e. The van der Waals surface area contributed by atoms with E-state index in [1.807, 2.05) is 12.1 Å². The summed E-state index contributed by atoms with van der Waals surface area (Å²) in [6.45, 7) is 0.647. The standard InChI is InChI=1S/C19H15BrFN3O2/c20-14-7-3-13(4-8-14)19(25)24-11-1-2-16(24)18-22-17(23-26-18)12-5-9-15(21)10-6-12/h3-10,16H,1-2,11H2. The second-order valence-electron chi connectivity index (χ2n) is 6.13. The van der Waals surface area contributed by atoms with E-state index in [2.05, 4.69) is 26.1 Å². The van der Waals surface area contributed by atoms with Gasteiger partial charge in [0, 0.05) is 22.1 Å². The van der Waals surface area contributed by atoms with E-state index in [4.69, 9.17) is 4.52 Å². The van der Waals surface area contributed by atoms with Crippen LogP contribution in [0.2, 0.25) is 0 Å². The Bertz CT molecular complexity index is 925. The first kappa shape index (κ1) is 16.9. The van der Waals surface area contributed by atoms with Crippen LogP contribution in [0.25, 0.3) is 11.4 Å². The first-order valence-corrected chi connectivity index (χ1v) is 9.07. The maximum absolute atomic E-state index is 13.1. The average Bonchev–Trinajstić information content (AvgIpc) is 3.31. The van der Waals surface area contributed by atoms with E-state index in [0.717, 1.165) is 17.3 Å². The lowest BCUT2D eigenvalue weighted by Gasteiger charge is -2.21. The molecule has 132 valence electrons. The summed E-state index contributed by atoms with van der Waals surface area (Å²) in [7, 11) is 0. The van der Waals surface area contributed by atoms with E-state index in [0.29, 0.717) is 29.4 Å². The number of nitrogens with zero attached hydrogens (tertiary/aromatic N) is 3. The van der Waals surface area contributed by atoms with Crippen molar-refractivity contribution >= 4 is 21.8 Å². The van der Waals surface area contributed by atoms with Crippen LogP contribution >= 0.6 is 15.9 Å². The first-order chi connectivity index (χ1) is 12.6. The maximum Gasteiger partial charge on any atom is 0.254 e. The molecule has 7 heteroatoms. The number of rotatable bonds is 3. The van der Waals surface area contributed by atoms with Crippen molar-refractivity contribution in [2.45, 2.75) is 18.9 Å². The summed E-state index contributed by atoms with van der Waals surface area (Å²) in [6.07, 6.45) is 1.65. The molecule has 1 atom stereocenters. The molecule has 0 N–H and O–H groups in total. The van der Waals surface area contributed by atoms with Gasteiger partial charge in [-0.15, -0.1) is 0 Å². The molecule has 0 radical (unpaired) electrons. The van der Waals surface area contributed by atoms with Crippen molar-refractivity contribution in [1.29, 1.82) is 0 Å². The van der Waals surface area contributed by atoms with E-state index < -0.39 is 0 Å². The van der Waals surface area contributed by atoms with Gasteiger partial charge in [-0.3, -0.25) is 4.79 Å². The van der Waals surface area contributed by atoms with Crippen molar-refractivity contribution in [3.05, 3.63) is 70.3 Å². The third kappa shape index (κ3) is 3.26. The minimum absolute atomic E-state index is 0.0541. The average molecular weight is 416 g/mol. The number of carbonyl (C=O) groups is 1. The molecule has 0 saturated carbocycles. The van der Waals surface area contributed by atoms with E-state index in [1.165, 1.54) is 12.1 Å². The highest BCUT2D eigenvalue weighted by Crippen LogP contribution is 2.33. The molecule has 1 unspecified atom stereocenters. The molecule has 5 nitrogen and oxygen atoms in total. The van der Waals surface area contributed by atoms with Gasteiger partial charge in [0.05, 0.1) is 0 Å². The Labute approximate surface area is 158 Å². The summed E-state index contributed by atoms with van der Waals surface area (Å²) < 4.78 is 19.4. The number of aromatic nitrogens is 2. The predicted molar refractivity (Wildman–Crippen MR) is 96.8 cm³/mol. The van der Waals surface area contributed by atoms with Crippen LogP contribution in [0.5, 0.6) is 0 Å². The van der Waals surface area contributed by atoms with Gasteiger partial charge in [0.2, 0.25) is 11.7 Å². The Kier molecular flexibility index (Phi) is 4.55. The second kappa shape index (κ2) is 6.99. The van der Waals surface area contributed by atoms with Crippen LogP contribution in [-0.4, -0.2) is 27.5 Å². The molecule has 1 amide bonds. The van der Waals surface area contributed by atoms with E-state index in [-0.39, 0.29) is 17.8 Å². The maximum atomic E-state index is 13.1. The minimum atomic E-state index is -0.320. The van der Waals surface area contributed by atoms with Crippen LogP contribution in [0, 0.1) is 5.82 Å². The molecule has 1 fully saturated rings. The van der Waals surface area contributed by atoms with Gasteiger partial charge >= 0.3 is 0 Å². The first-order valence-electron chi connectivity index (χ1n) is 8.28. The van der Waals surface area contributed by atoms with E-state index in [1.54, 1.807) is 29.2 Å². The highest BCUT2D eigenvalue weighted by molar-refractivity contribution is 9.10. The molecule has 0 aliphatic carbocycles. The van der Waals surface area contributed by atoms with Gasteiger partial charge in [0.1, 0.15) is 11.9 Å². The SMILES string of the molecule is O=C(c1ccc(Br)cc1)N1CCCC1c1nc(-c2ccc(F)cc2)no1. The molecule has 1 saturated heterocycles. The summed E-state index contributed by atoms with van der Waals surface area (Å²) >= 11 is 3.37. The lowest BCUT2D eigenvalue weighted by Crippen LogP contribution is -2.30. The van der Waals surface area contributed by atoms with Crippen LogP contribution in [0.1, 0.15) is 35.1 Å². The van der Waals surface area contributed by atoms with Gasteiger partial charge in [-0.25, -0.2) is 4.39 Å². The van der Waals surface area contributed by atoms with Gasteiger partial charge in [-0.05, 0) is 61.4 Å². The number of benzene rings is 2. The third-order valence-corrected chi connectivity index (χ3v) is 4.96. The van der Waals surface area contributed by atoms with Crippen LogP contribution in [-0.2, 0) is 0 Å². The molecule has 2 aromatic carbocycles. The van der Waals surface area contributed by atoms with Gasteiger partial charge in [0.25, 0.3) is 5.91 Å². The Morgan fingerprint density at radius 2 is 1.88 bits per heavy atom. The molecule has 26 heavy (non-hydrogen) atoms. The molecular formula is C19H15BrFN3O2. The van der Waals surface area contributed by atoms with Crippen molar-refractivity contribution < 1.29 is 13.7 Å². The fourth-order valence-corrected chi connectivity index (χ4v) is 3.38. The number of carbonyl (C=O) groups excluding carboxylic acids is 1. The Hall–Kier alpha value is -2.54. The summed E-state index contributed by atoms with van der Waals surface area (Å²) in [5.41, 5.74) is 1.29. The van der Waals surface area contributed by atoms with Crippen LogP contribution in [0.4, 0.5) is 4.39 Å². The minimum Gasteiger partial charge on any atom is -0.337 e. The molecular weight excluding hydrogens is 401 g/mol. The highest BCUT2D eigenvalue weighted by atomic mass is 79.9. The summed E-state index contributed by atoms with van der Waals surface area (Å²) in [5, 5.41) is 3.99. The van der Waals surface area contributed by atoms with Gasteiger partial charge in [0.15, 0.2) is 0 Å². The highest BCUT2D eigenvalue weighted by Gasteiger charge is 2.34. The van der Waals surface area contributed by atoms with Crippen molar-refractivity contribution in [2.24, 2.45) is 0 Å². The zero-order valence-electron chi connectivity index (χ0n) is 13.7. The number of hydrogen-bond acceptors (Lipinski definition) is 4. The van der Waals surface area contributed by atoms with Crippen molar-refractivity contribution in [2.75, 3.05) is 6.54 Å². The molecule has 4 rings (SSSR count). The number of halogens is 2. The summed E-state index contributed by atoms with van der Waals surface area (Å²) in [4.78, 5) is 19.0. The fourth-order valence-electron chi connectivity index (χ4n) is 3.11. The van der Waals surface area contributed by atoms with Gasteiger partial charge in [-0.1, -0.05) is 21.1 Å². The van der Waals surface area contributed by atoms with Gasteiger partial charge in [-0.2, -0.15) is 4.98 Å². The second-order valence-corrected chi connectivity index (χ2v) is 7.04. The largest absolute Gasteiger partial charge is 0.337 e.